The molecule has 2 N–H and O–H groups in total. The number of rotatable bonds is 3. The third-order valence-electron chi connectivity index (χ3n) is 2.62. The van der Waals surface area contributed by atoms with Crippen molar-refractivity contribution in [3.63, 3.8) is 0 Å². The van der Waals surface area contributed by atoms with E-state index in [0.717, 1.165) is 12.8 Å². The standard InChI is InChI=1S/C10H15N3O3/c11-4-3-9(14)12-6-8-2-1-5-13(7-8)10(15)16/h8H,1-3,5-7H2,(H,12,14)(H,15,16)/t8-/m1/s1. The highest BCUT2D eigenvalue weighted by atomic mass is 16.4. The highest BCUT2D eigenvalue weighted by molar-refractivity contribution is 5.77. The minimum atomic E-state index is -0.909. The number of amides is 2. The van der Waals surface area contributed by atoms with Crippen LogP contribution in [0.1, 0.15) is 19.3 Å². The largest absolute Gasteiger partial charge is 0.465 e. The van der Waals surface area contributed by atoms with Crippen LogP contribution < -0.4 is 5.32 Å². The molecule has 16 heavy (non-hydrogen) atoms. The van der Waals surface area contributed by atoms with E-state index in [4.69, 9.17) is 10.4 Å². The van der Waals surface area contributed by atoms with Crippen LogP contribution >= 0.6 is 0 Å². The van der Waals surface area contributed by atoms with Crippen molar-refractivity contribution in [2.45, 2.75) is 19.3 Å². The lowest BCUT2D eigenvalue weighted by molar-refractivity contribution is -0.120. The van der Waals surface area contributed by atoms with E-state index in [1.807, 2.05) is 0 Å². The van der Waals surface area contributed by atoms with Crippen molar-refractivity contribution in [3.8, 4) is 6.07 Å². The molecule has 6 heteroatoms. The van der Waals surface area contributed by atoms with Crippen LogP contribution in [-0.4, -0.2) is 41.6 Å². The smallest absolute Gasteiger partial charge is 0.407 e. The third kappa shape index (κ3) is 3.77. The fourth-order valence-corrected chi connectivity index (χ4v) is 1.80. The van der Waals surface area contributed by atoms with Crippen LogP contribution in [0.5, 0.6) is 0 Å². The number of carbonyl (C=O) groups is 2. The van der Waals surface area contributed by atoms with Crippen LogP contribution in [0.2, 0.25) is 0 Å². The second-order valence-electron chi connectivity index (χ2n) is 3.88. The Morgan fingerprint density at radius 3 is 2.94 bits per heavy atom. The maximum absolute atomic E-state index is 11.0. The fraction of sp³-hybridized carbons (Fsp3) is 0.700. The zero-order valence-corrected chi connectivity index (χ0v) is 8.98. The van der Waals surface area contributed by atoms with E-state index in [9.17, 15) is 9.59 Å². The predicted molar refractivity (Wildman–Crippen MR) is 55.6 cm³/mol. The topological polar surface area (TPSA) is 93.4 Å². The summed E-state index contributed by atoms with van der Waals surface area (Å²) in [5.74, 6) is -0.137. The summed E-state index contributed by atoms with van der Waals surface area (Å²) in [6.07, 6.45) is 0.685. The van der Waals surface area contributed by atoms with Crippen molar-refractivity contribution < 1.29 is 14.7 Å². The normalized spacial score (nSPS) is 19.9. The first-order valence-corrected chi connectivity index (χ1v) is 5.25. The van der Waals surface area contributed by atoms with E-state index < -0.39 is 6.09 Å². The van der Waals surface area contributed by atoms with Gasteiger partial charge in [-0.05, 0) is 18.8 Å². The van der Waals surface area contributed by atoms with Crippen LogP contribution in [0.3, 0.4) is 0 Å². The highest BCUT2D eigenvalue weighted by Gasteiger charge is 2.23. The number of hydrogen-bond donors (Lipinski definition) is 2. The van der Waals surface area contributed by atoms with E-state index in [-0.39, 0.29) is 18.2 Å². The van der Waals surface area contributed by atoms with E-state index in [2.05, 4.69) is 5.32 Å². The highest BCUT2D eigenvalue weighted by Crippen LogP contribution is 2.15. The average Bonchev–Trinajstić information content (AvgIpc) is 2.27. The van der Waals surface area contributed by atoms with Crippen LogP contribution in [0.15, 0.2) is 0 Å². The first-order valence-electron chi connectivity index (χ1n) is 5.25. The summed E-state index contributed by atoms with van der Waals surface area (Å²) < 4.78 is 0. The first kappa shape index (κ1) is 12.3. The lowest BCUT2D eigenvalue weighted by Crippen LogP contribution is -2.43. The summed E-state index contributed by atoms with van der Waals surface area (Å²) in [4.78, 5) is 23.1. The Hall–Kier alpha value is -1.77. The Morgan fingerprint density at radius 1 is 1.56 bits per heavy atom. The molecular weight excluding hydrogens is 210 g/mol. The first-order chi connectivity index (χ1) is 7.63. The Kier molecular flexibility index (Phi) is 4.58. The van der Waals surface area contributed by atoms with Crippen LogP contribution in [0, 0.1) is 17.2 Å². The zero-order valence-electron chi connectivity index (χ0n) is 8.98. The number of nitriles is 1. The van der Waals surface area contributed by atoms with Gasteiger partial charge in [0, 0.05) is 19.6 Å². The van der Waals surface area contributed by atoms with Gasteiger partial charge in [0.25, 0.3) is 0 Å². The van der Waals surface area contributed by atoms with Gasteiger partial charge in [-0.1, -0.05) is 0 Å². The molecule has 1 aliphatic rings. The number of carbonyl (C=O) groups excluding carboxylic acids is 1. The van der Waals surface area contributed by atoms with Gasteiger partial charge in [-0.2, -0.15) is 5.26 Å². The molecule has 0 aromatic heterocycles. The van der Waals surface area contributed by atoms with Gasteiger partial charge in [0.1, 0.15) is 6.42 Å². The molecule has 0 aromatic rings. The number of likely N-dealkylation sites (tertiary alicyclic amines) is 1. The molecule has 1 heterocycles. The van der Waals surface area contributed by atoms with Crippen molar-refractivity contribution in [1.82, 2.24) is 10.2 Å². The molecule has 0 spiro atoms. The van der Waals surface area contributed by atoms with Gasteiger partial charge in [0.2, 0.25) is 5.91 Å². The van der Waals surface area contributed by atoms with Gasteiger partial charge in [0.05, 0.1) is 6.07 Å². The lowest BCUT2D eigenvalue weighted by atomic mass is 9.98. The zero-order chi connectivity index (χ0) is 12.0. The molecule has 1 saturated heterocycles. The molecule has 88 valence electrons. The molecule has 0 radical (unpaired) electrons. The Balaban J connectivity index is 2.30. The monoisotopic (exact) mass is 225 g/mol. The lowest BCUT2D eigenvalue weighted by Gasteiger charge is -2.30. The van der Waals surface area contributed by atoms with Gasteiger partial charge in [-0.3, -0.25) is 4.79 Å². The molecule has 1 atom stereocenters. The average molecular weight is 225 g/mol. The summed E-state index contributed by atoms with van der Waals surface area (Å²) in [5.41, 5.74) is 0. The van der Waals surface area contributed by atoms with E-state index in [0.29, 0.717) is 19.6 Å². The summed E-state index contributed by atoms with van der Waals surface area (Å²) >= 11 is 0. The summed E-state index contributed by atoms with van der Waals surface area (Å²) in [6.45, 7) is 1.48. The molecule has 0 aliphatic carbocycles. The maximum Gasteiger partial charge on any atom is 0.407 e. The quantitative estimate of drug-likeness (QED) is 0.727. The van der Waals surface area contributed by atoms with Gasteiger partial charge in [-0.25, -0.2) is 4.79 Å². The summed E-state index contributed by atoms with van der Waals surface area (Å²) in [6, 6.07) is 1.77. The minimum Gasteiger partial charge on any atom is -0.465 e. The van der Waals surface area contributed by atoms with E-state index in [1.54, 1.807) is 6.07 Å². The van der Waals surface area contributed by atoms with Gasteiger partial charge in [-0.15, -0.1) is 0 Å². The predicted octanol–water partition coefficient (Wildman–Crippen LogP) is 0.406. The van der Waals surface area contributed by atoms with Crippen LogP contribution in [-0.2, 0) is 4.79 Å². The summed E-state index contributed by atoms with van der Waals surface area (Å²) in [5, 5.41) is 19.7. The van der Waals surface area contributed by atoms with Gasteiger partial charge in [0.15, 0.2) is 0 Å². The van der Waals surface area contributed by atoms with Gasteiger partial charge >= 0.3 is 6.09 Å². The Bertz CT molecular complexity index is 311. The maximum atomic E-state index is 11.0. The van der Waals surface area contributed by atoms with Gasteiger partial charge < -0.3 is 15.3 Å². The molecule has 2 amide bonds. The number of hydrogen-bond acceptors (Lipinski definition) is 3. The molecule has 0 unspecified atom stereocenters. The molecule has 1 fully saturated rings. The number of piperidine rings is 1. The van der Waals surface area contributed by atoms with E-state index in [1.165, 1.54) is 4.90 Å². The molecule has 0 aromatic carbocycles. The molecule has 0 saturated carbocycles. The second kappa shape index (κ2) is 5.95. The molecule has 1 rings (SSSR count). The van der Waals surface area contributed by atoms with Crippen molar-refractivity contribution in [2.75, 3.05) is 19.6 Å². The molecular formula is C10H15N3O3. The molecule has 6 nitrogen and oxygen atoms in total. The fourth-order valence-electron chi connectivity index (χ4n) is 1.80. The van der Waals surface area contributed by atoms with Crippen molar-refractivity contribution >= 4 is 12.0 Å². The molecule has 0 bridgehead atoms. The Labute approximate surface area is 93.8 Å². The SMILES string of the molecule is N#CCC(=O)NC[C@H]1CCCN(C(=O)O)C1. The van der Waals surface area contributed by atoms with Crippen molar-refractivity contribution in [3.05, 3.63) is 0 Å². The van der Waals surface area contributed by atoms with Crippen LogP contribution in [0.25, 0.3) is 0 Å². The number of nitrogens with one attached hydrogen (secondary N) is 1. The number of nitrogens with zero attached hydrogens (tertiary/aromatic N) is 2. The van der Waals surface area contributed by atoms with Crippen LogP contribution in [0.4, 0.5) is 4.79 Å². The Morgan fingerprint density at radius 2 is 2.31 bits per heavy atom. The molecule has 1 aliphatic heterocycles. The third-order valence-corrected chi connectivity index (χ3v) is 2.62. The van der Waals surface area contributed by atoms with Crippen molar-refractivity contribution in [1.29, 1.82) is 5.26 Å². The minimum absolute atomic E-state index is 0.143. The second-order valence-corrected chi connectivity index (χ2v) is 3.88. The summed E-state index contributed by atoms with van der Waals surface area (Å²) in [7, 11) is 0. The number of carboxylic acid groups (broad SMARTS) is 1. The van der Waals surface area contributed by atoms with E-state index >= 15 is 0 Å². The van der Waals surface area contributed by atoms with Crippen molar-refractivity contribution in [2.24, 2.45) is 5.92 Å².